The smallest absolute Gasteiger partial charge is 0.434 e. The standard InChI is InChI=1S/C10H19NO3/c1-7(2)6-13-10(12)14-9-3-8(4-9)5-11/h7-9H,3-6,11H2,1-2H3. The van der Waals surface area contributed by atoms with Crippen LogP contribution in [0.1, 0.15) is 26.7 Å². The van der Waals surface area contributed by atoms with Crippen LogP contribution in [0.3, 0.4) is 0 Å². The lowest BCUT2D eigenvalue weighted by atomic mass is 9.82. The van der Waals surface area contributed by atoms with Crippen molar-refractivity contribution in [3.05, 3.63) is 0 Å². The summed E-state index contributed by atoms with van der Waals surface area (Å²) in [5, 5.41) is 0. The molecule has 1 fully saturated rings. The largest absolute Gasteiger partial charge is 0.508 e. The molecule has 0 heterocycles. The molecule has 82 valence electrons. The van der Waals surface area contributed by atoms with E-state index in [0.717, 1.165) is 12.8 Å². The molecule has 0 radical (unpaired) electrons. The zero-order valence-corrected chi connectivity index (χ0v) is 8.86. The highest BCUT2D eigenvalue weighted by molar-refractivity contribution is 5.60. The number of nitrogens with two attached hydrogens (primary N) is 1. The molecule has 14 heavy (non-hydrogen) atoms. The van der Waals surface area contributed by atoms with Crippen LogP contribution in [-0.2, 0) is 9.47 Å². The fourth-order valence-corrected chi connectivity index (χ4v) is 1.37. The van der Waals surface area contributed by atoms with Crippen LogP contribution < -0.4 is 5.73 Å². The average Bonchev–Trinajstić information content (AvgIpc) is 2.07. The fourth-order valence-electron chi connectivity index (χ4n) is 1.37. The van der Waals surface area contributed by atoms with E-state index >= 15 is 0 Å². The van der Waals surface area contributed by atoms with Gasteiger partial charge in [0.15, 0.2) is 0 Å². The van der Waals surface area contributed by atoms with Crippen LogP contribution in [0, 0.1) is 11.8 Å². The first kappa shape index (κ1) is 11.3. The summed E-state index contributed by atoms with van der Waals surface area (Å²) in [5.74, 6) is 0.874. The Balaban J connectivity index is 2.04. The summed E-state index contributed by atoms with van der Waals surface area (Å²) in [6.07, 6.45) is 1.25. The monoisotopic (exact) mass is 201 g/mol. The van der Waals surface area contributed by atoms with Crippen molar-refractivity contribution in [1.29, 1.82) is 0 Å². The Morgan fingerprint density at radius 3 is 2.64 bits per heavy atom. The minimum atomic E-state index is -0.542. The number of carbonyl (C=O) groups excluding carboxylic acids is 1. The van der Waals surface area contributed by atoms with Crippen LogP contribution in [0.25, 0.3) is 0 Å². The van der Waals surface area contributed by atoms with Gasteiger partial charge in [0.05, 0.1) is 6.61 Å². The second kappa shape index (κ2) is 5.20. The third-order valence-corrected chi connectivity index (χ3v) is 2.32. The van der Waals surface area contributed by atoms with E-state index < -0.39 is 6.16 Å². The Morgan fingerprint density at radius 2 is 2.14 bits per heavy atom. The third-order valence-electron chi connectivity index (χ3n) is 2.32. The molecular formula is C10H19NO3. The molecule has 4 heteroatoms. The maximum Gasteiger partial charge on any atom is 0.508 e. The predicted molar refractivity (Wildman–Crippen MR) is 52.8 cm³/mol. The Bertz CT molecular complexity index is 188. The van der Waals surface area contributed by atoms with Crippen molar-refractivity contribution < 1.29 is 14.3 Å². The molecule has 1 aliphatic rings. The molecule has 0 aromatic rings. The Hall–Kier alpha value is -0.770. The van der Waals surface area contributed by atoms with Crippen molar-refractivity contribution in [2.24, 2.45) is 17.6 Å². The zero-order chi connectivity index (χ0) is 10.6. The molecule has 0 aromatic carbocycles. The summed E-state index contributed by atoms with van der Waals surface area (Å²) in [4.78, 5) is 11.1. The van der Waals surface area contributed by atoms with Gasteiger partial charge in [-0.2, -0.15) is 0 Å². The molecule has 0 aromatic heterocycles. The molecule has 0 saturated heterocycles. The van der Waals surface area contributed by atoms with Gasteiger partial charge in [-0.05, 0) is 31.2 Å². The van der Waals surface area contributed by atoms with E-state index in [1.165, 1.54) is 0 Å². The van der Waals surface area contributed by atoms with E-state index in [1.54, 1.807) is 0 Å². The second-order valence-electron chi connectivity index (χ2n) is 4.27. The van der Waals surface area contributed by atoms with E-state index in [-0.39, 0.29) is 6.10 Å². The van der Waals surface area contributed by atoms with Gasteiger partial charge >= 0.3 is 6.16 Å². The van der Waals surface area contributed by atoms with Crippen molar-refractivity contribution in [3.8, 4) is 0 Å². The minimum Gasteiger partial charge on any atom is -0.434 e. The number of ether oxygens (including phenoxy) is 2. The van der Waals surface area contributed by atoms with Crippen LogP contribution in [0.4, 0.5) is 4.79 Å². The molecule has 0 spiro atoms. The van der Waals surface area contributed by atoms with Crippen molar-refractivity contribution in [2.75, 3.05) is 13.2 Å². The molecule has 1 aliphatic carbocycles. The van der Waals surface area contributed by atoms with Gasteiger partial charge in [0.1, 0.15) is 6.10 Å². The molecule has 1 saturated carbocycles. The molecule has 0 aliphatic heterocycles. The maximum atomic E-state index is 11.1. The number of hydrogen-bond acceptors (Lipinski definition) is 4. The fraction of sp³-hybridized carbons (Fsp3) is 0.900. The van der Waals surface area contributed by atoms with Gasteiger partial charge in [0.25, 0.3) is 0 Å². The van der Waals surface area contributed by atoms with E-state index in [1.807, 2.05) is 13.8 Å². The van der Waals surface area contributed by atoms with Crippen LogP contribution in [0.5, 0.6) is 0 Å². The van der Waals surface area contributed by atoms with E-state index in [0.29, 0.717) is 25.0 Å². The Morgan fingerprint density at radius 1 is 1.50 bits per heavy atom. The first-order valence-corrected chi connectivity index (χ1v) is 5.15. The van der Waals surface area contributed by atoms with Gasteiger partial charge in [0, 0.05) is 0 Å². The quantitative estimate of drug-likeness (QED) is 0.701. The molecule has 1 rings (SSSR count). The number of carbonyl (C=O) groups is 1. The molecule has 4 nitrogen and oxygen atoms in total. The summed E-state index contributed by atoms with van der Waals surface area (Å²) in [6, 6.07) is 0. The van der Waals surface area contributed by atoms with Gasteiger partial charge in [0.2, 0.25) is 0 Å². The highest BCUT2D eigenvalue weighted by Gasteiger charge is 2.31. The van der Waals surface area contributed by atoms with Gasteiger partial charge in [-0.1, -0.05) is 13.8 Å². The van der Waals surface area contributed by atoms with Crippen LogP contribution in [0.15, 0.2) is 0 Å². The molecular weight excluding hydrogens is 182 g/mol. The number of rotatable bonds is 4. The minimum absolute atomic E-state index is 0.0308. The summed E-state index contributed by atoms with van der Waals surface area (Å²) in [6.45, 7) is 5.08. The summed E-state index contributed by atoms with van der Waals surface area (Å²) in [5.41, 5.74) is 5.45. The van der Waals surface area contributed by atoms with Crippen molar-refractivity contribution >= 4 is 6.16 Å². The second-order valence-corrected chi connectivity index (χ2v) is 4.27. The molecule has 0 unspecified atom stereocenters. The topological polar surface area (TPSA) is 61.5 Å². The predicted octanol–water partition coefficient (Wildman–Crippen LogP) is 1.53. The normalized spacial score (nSPS) is 25.7. The molecule has 0 amide bonds. The highest BCUT2D eigenvalue weighted by Crippen LogP contribution is 2.29. The Labute approximate surface area is 84.7 Å². The lowest BCUT2D eigenvalue weighted by Gasteiger charge is -2.33. The van der Waals surface area contributed by atoms with Gasteiger partial charge in [-0.25, -0.2) is 4.79 Å². The van der Waals surface area contributed by atoms with E-state index in [2.05, 4.69) is 0 Å². The van der Waals surface area contributed by atoms with Crippen LogP contribution in [0.2, 0.25) is 0 Å². The summed E-state index contributed by atoms with van der Waals surface area (Å²) in [7, 11) is 0. The lowest BCUT2D eigenvalue weighted by Crippen LogP contribution is -2.37. The van der Waals surface area contributed by atoms with Gasteiger partial charge in [-0.3, -0.25) is 0 Å². The van der Waals surface area contributed by atoms with Crippen LogP contribution in [-0.4, -0.2) is 25.4 Å². The summed E-state index contributed by atoms with van der Waals surface area (Å²) < 4.78 is 9.94. The van der Waals surface area contributed by atoms with Gasteiger partial charge < -0.3 is 15.2 Å². The van der Waals surface area contributed by atoms with Crippen molar-refractivity contribution in [2.45, 2.75) is 32.8 Å². The third kappa shape index (κ3) is 3.54. The lowest BCUT2D eigenvalue weighted by molar-refractivity contribution is -0.0270. The first-order valence-electron chi connectivity index (χ1n) is 5.15. The van der Waals surface area contributed by atoms with E-state index in [9.17, 15) is 4.79 Å². The SMILES string of the molecule is CC(C)COC(=O)OC1CC(CN)C1. The Kier molecular flexibility index (Phi) is 4.20. The zero-order valence-electron chi connectivity index (χ0n) is 8.86. The average molecular weight is 201 g/mol. The molecule has 2 N–H and O–H groups in total. The number of hydrogen-bond donors (Lipinski definition) is 1. The van der Waals surface area contributed by atoms with Crippen molar-refractivity contribution in [1.82, 2.24) is 0 Å². The van der Waals surface area contributed by atoms with Crippen LogP contribution >= 0.6 is 0 Å². The molecule has 0 atom stereocenters. The first-order chi connectivity index (χ1) is 6.61. The van der Waals surface area contributed by atoms with E-state index in [4.69, 9.17) is 15.2 Å². The maximum absolute atomic E-state index is 11.1. The molecule has 0 bridgehead atoms. The van der Waals surface area contributed by atoms with Gasteiger partial charge in [-0.15, -0.1) is 0 Å². The summed E-state index contributed by atoms with van der Waals surface area (Å²) >= 11 is 0. The highest BCUT2D eigenvalue weighted by atomic mass is 16.7. The van der Waals surface area contributed by atoms with Crippen molar-refractivity contribution in [3.63, 3.8) is 0 Å².